The van der Waals surface area contributed by atoms with Gasteiger partial charge in [0, 0.05) is 12.2 Å². The second kappa shape index (κ2) is 7.48. The van der Waals surface area contributed by atoms with E-state index < -0.39 is 22.3 Å². The fourth-order valence-electron chi connectivity index (χ4n) is 1.59. The number of carbonyl (C=O) groups is 2. The third kappa shape index (κ3) is 5.69. The maximum Gasteiger partial charge on any atom is 0.339 e. The van der Waals surface area contributed by atoms with Crippen molar-refractivity contribution in [3.63, 3.8) is 0 Å². The second-order valence-corrected chi connectivity index (χ2v) is 4.84. The topological polar surface area (TPSA) is 116 Å². The van der Waals surface area contributed by atoms with Gasteiger partial charge in [0.15, 0.2) is 0 Å². The zero-order valence-electron chi connectivity index (χ0n) is 11.0. The van der Waals surface area contributed by atoms with Crippen molar-refractivity contribution >= 4 is 24.6 Å². The van der Waals surface area contributed by atoms with E-state index in [1.807, 2.05) is 0 Å². The maximum atomic E-state index is 11.1. The molecule has 8 nitrogen and oxygen atoms in total. The first-order valence-electron chi connectivity index (χ1n) is 5.79. The van der Waals surface area contributed by atoms with Gasteiger partial charge in [-0.25, -0.2) is 4.79 Å². The Hall–Kier alpha value is -2.29. The van der Waals surface area contributed by atoms with Gasteiger partial charge in [0.1, 0.15) is 17.9 Å². The fourth-order valence-corrected chi connectivity index (χ4v) is 1.87. The zero-order chi connectivity index (χ0) is 16.0. The maximum absolute atomic E-state index is 11.1. The Morgan fingerprint density at radius 1 is 1.48 bits per heavy atom. The first kappa shape index (κ1) is 16.8. The van der Waals surface area contributed by atoms with Crippen LogP contribution in [0.25, 0.3) is 0 Å². The standard InChI is InChI=1S/C12H13NO7S/c1-7(14)20-11-3-2-8(5-10(11)12(15)16)4-9(21)6-19-13(17)18/h2-3,5,9,21H,4,6H2,1H3,(H,15,16). The molecule has 0 radical (unpaired) electrons. The van der Waals surface area contributed by atoms with Gasteiger partial charge >= 0.3 is 11.9 Å². The smallest absolute Gasteiger partial charge is 0.339 e. The Labute approximate surface area is 125 Å². The van der Waals surface area contributed by atoms with Gasteiger partial charge in [-0.15, -0.1) is 10.1 Å². The average Bonchev–Trinajstić information content (AvgIpc) is 2.37. The van der Waals surface area contributed by atoms with Crippen LogP contribution in [0.1, 0.15) is 22.8 Å². The predicted octanol–water partition coefficient (Wildman–Crippen LogP) is 1.36. The molecule has 0 fully saturated rings. The minimum Gasteiger partial charge on any atom is -0.478 e. The van der Waals surface area contributed by atoms with Gasteiger partial charge in [-0.3, -0.25) is 4.79 Å². The third-order valence-corrected chi connectivity index (χ3v) is 2.70. The molecule has 1 rings (SSSR count). The summed E-state index contributed by atoms with van der Waals surface area (Å²) in [5, 5.41) is 17.8. The Bertz CT molecular complexity index is 561. The van der Waals surface area contributed by atoms with Crippen molar-refractivity contribution in [1.82, 2.24) is 0 Å². The third-order valence-electron chi connectivity index (χ3n) is 2.37. The second-order valence-electron chi connectivity index (χ2n) is 4.11. The summed E-state index contributed by atoms with van der Waals surface area (Å²) in [4.78, 5) is 36.3. The summed E-state index contributed by atoms with van der Waals surface area (Å²) in [6, 6.07) is 4.24. The molecule has 1 atom stereocenters. The Morgan fingerprint density at radius 3 is 2.67 bits per heavy atom. The Morgan fingerprint density at radius 2 is 2.14 bits per heavy atom. The van der Waals surface area contributed by atoms with Crippen LogP contribution >= 0.6 is 12.6 Å². The summed E-state index contributed by atoms with van der Waals surface area (Å²) < 4.78 is 4.79. The number of esters is 1. The number of hydrogen-bond donors (Lipinski definition) is 2. The zero-order valence-corrected chi connectivity index (χ0v) is 11.9. The number of rotatable bonds is 7. The molecule has 0 bridgehead atoms. The number of thiol groups is 1. The van der Waals surface area contributed by atoms with Gasteiger partial charge in [0.2, 0.25) is 0 Å². The van der Waals surface area contributed by atoms with E-state index in [-0.39, 0.29) is 24.3 Å². The van der Waals surface area contributed by atoms with Crippen LogP contribution in [0.4, 0.5) is 0 Å². The molecule has 0 amide bonds. The van der Waals surface area contributed by atoms with Gasteiger partial charge in [-0.1, -0.05) is 6.07 Å². The number of aromatic carboxylic acids is 1. The summed E-state index contributed by atoms with van der Waals surface area (Å²) in [6.45, 7) is 0.947. The van der Waals surface area contributed by atoms with Crippen LogP contribution in [0.5, 0.6) is 5.75 Å². The van der Waals surface area contributed by atoms with Gasteiger partial charge in [0.25, 0.3) is 5.09 Å². The Kier molecular flexibility index (Phi) is 5.97. The van der Waals surface area contributed by atoms with E-state index in [1.165, 1.54) is 12.1 Å². The molecule has 9 heteroatoms. The first-order valence-corrected chi connectivity index (χ1v) is 6.31. The molecule has 114 valence electrons. The van der Waals surface area contributed by atoms with Gasteiger partial charge in [0.05, 0.1) is 0 Å². The Balaban J connectivity index is 2.85. The fraction of sp³-hybridized carbons (Fsp3) is 0.333. The van der Waals surface area contributed by atoms with E-state index in [9.17, 15) is 19.7 Å². The lowest BCUT2D eigenvalue weighted by molar-refractivity contribution is -0.757. The highest BCUT2D eigenvalue weighted by atomic mass is 32.1. The molecular weight excluding hydrogens is 302 g/mol. The summed E-state index contributed by atoms with van der Waals surface area (Å²) in [7, 11) is 0. The number of benzene rings is 1. The van der Waals surface area contributed by atoms with Gasteiger partial charge in [-0.05, 0) is 24.1 Å². The first-order chi connectivity index (χ1) is 9.79. The molecule has 0 saturated heterocycles. The van der Waals surface area contributed by atoms with Gasteiger partial charge in [-0.2, -0.15) is 12.6 Å². The minimum absolute atomic E-state index is 0.0593. The van der Waals surface area contributed by atoms with E-state index in [2.05, 4.69) is 17.5 Å². The predicted molar refractivity (Wildman–Crippen MR) is 74.1 cm³/mol. The van der Waals surface area contributed by atoms with Crippen LogP contribution in [-0.2, 0) is 16.1 Å². The van der Waals surface area contributed by atoms with Crippen LogP contribution in [-0.4, -0.2) is 34.0 Å². The van der Waals surface area contributed by atoms with E-state index >= 15 is 0 Å². The average molecular weight is 315 g/mol. The molecule has 0 heterocycles. The SMILES string of the molecule is CC(=O)Oc1ccc(CC(S)CO[N+](=O)[O-])cc1C(=O)O. The lowest BCUT2D eigenvalue weighted by Gasteiger charge is -2.11. The van der Waals surface area contributed by atoms with E-state index in [0.717, 1.165) is 6.92 Å². The molecular formula is C12H13NO7S. The number of carbonyl (C=O) groups excluding carboxylic acids is 1. The van der Waals surface area contributed by atoms with Gasteiger partial charge < -0.3 is 14.7 Å². The highest BCUT2D eigenvalue weighted by Gasteiger charge is 2.15. The minimum atomic E-state index is -1.25. The van der Waals surface area contributed by atoms with E-state index in [0.29, 0.717) is 5.56 Å². The molecule has 0 aromatic heterocycles. The number of carboxylic acids is 1. The summed E-state index contributed by atoms with van der Waals surface area (Å²) in [5.74, 6) is -1.93. The van der Waals surface area contributed by atoms with Crippen molar-refractivity contribution in [2.24, 2.45) is 0 Å². The van der Waals surface area contributed by atoms with Crippen LogP contribution < -0.4 is 4.74 Å². The van der Waals surface area contributed by atoms with Crippen LogP contribution in [0, 0.1) is 10.1 Å². The molecule has 0 aliphatic carbocycles. The molecule has 0 spiro atoms. The molecule has 1 unspecified atom stereocenters. The lowest BCUT2D eigenvalue weighted by Crippen LogP contribution is -2.16. The normalized spacial score (nSPS) is 11.5. The molecule has 21 heavy (non-hydrogen) atoms. The molecule has 1 aromatic carbocycles. The highest BCUT2D eigenvalue weighted by Crippen LogP contribution is 2.22. The summed E-state index contributed by atoms with van der Waals surface area (Å²) in [5.41, 5.74) is 0.411. The largest absolute Gasteiger partial charge is 0.478 e. The highest BCUT2D eigenvalue weighted by molar-refractivity contribution is 7.81. The van der Waals surface area contributed by atoms with Crippen molar-refractivity contribution in [3.05, 3.63) is 39.4 Å². The molecule has 1 N–H and O–H groups in total. The quantitative estimate of drug-likeness (QED) is 0.256. The van der Waals surface area contributed by atoms with Crippen molar-refractivity contribution < 1.29 is 29.4 Å². The van der Waals surface area contributed by atoms with Crippen LogP contribution in [0.3, 0.4) is 0 Å². The van der Waals surface area contributed by atoms with Crippen molar-refractivity contribution in [2.45, 2.75) is 18.6 Å². The van der Waals surface area contributed by atoms with Crippen molar-refractivity contribution in [3.8, 4) is 5.75 Å². The molecule has 0 aliphatic heterocycles. The number of nitrogens with zero attached hydrogens (tertiary/aromatic N) is 1. The van der Waals surface area contributed by atoms with Crippen molar-refractivity contribution in [2.75, 3.05) is 6.61 Å². The summed E-state index contributed by atoms with van der Waals surface area (Å²) in [6.07, 6.45) is 0.261. The molecule has 0 aliphatic rings. The van der Waals surface area contributed by atoms with Crippen molar-refractivity contribution in [1.29, 1.82) is 0 Å². The lowest BCUT2D eigenvalue weighted by atomic mass is 10.1. The van der Waals surface area contributed by atoms with Crippen LogP contribution in [0.15, 0.2) is 18.2 Å². The number of carboxylic acid groups (broad SMARTS) is 1. The van der Waals surface area contributed by atoms with E-state index in [1.54, 1.807) is 6.07 Å². The monoisotopic (exact) mass is 315 g/mol. The molecule has 0 saturated carbocycles. The number of hydrogen-bond acceptors (Lipinski definition) is 7. The van der Waals surface area contributed by atoms with E-state index in [4.69, 9.17) is 9.84 Å². The summed E-state index contributed by atoms with van der Waals surface area (Å²) >= 11 is 4.12. The number of ether oxygens (including phenoxy) is 1. The van der Waals surface area contributed by atoms with Crippen LogP contribution in [0.2, 0.25) is 0 Å². The molecule has 1 aromatic rings.